The normalized spacial score (nSPS) is 10.6. The fraction of sp³-hybridized carbons (Fsp3) is 0.286. The van der Waals surface area contributed by atoms with Gasteiger partial charge in [0, 0.05) is 6.08 Å². The number of benzene rings is 1. The van der Waals surface area contributed by atoms with Crippen LogP contribution in [-0.2, 0) is 6.42 Å². The molecule has 0 bridgehead atoms. The summed E-state index contributed by atoms with van der Waals surface area (Å²) in [5, 5.41) is 17.4. The molecule has 0 atom stereocenters. The van der Waals surface area contributed by atoms with Gasteiger partial charge >= 0.3 is 0 Å². The lowest BCUT2D eigenvalue weighted by atomic mass is 10.0. The summed E-state index contributed by atoms with van der Waals surface area (Å²) < 4.78 is 0. The van der Waals surface area contributed by atoms with Crippen molar-refractivity contribution in [2.75, 3.05) is 0 Å². The highest BCUT2D eigenvalue weighted by atomic mass is 14.3. The maximum Gasteiger partial charge on any atom is 0.101 e. The van der Waals surface area contributed by atoms with Gasteiger partial charge < -0.3 is 0 Å². The van der Waals surface area contributed by atoms with E-state index in [1.54, 1.807) is 0 Å². The molecule has 0 aliphatic heterocycles. The first-order valence-corrected chi connectivity index (χ1v) is 5.41. The van der Waals surface area contributed by atoms with Gasteiger partial charge in [0.25, 0.3) is 0 Å². The molecule has 1 aromatic rings. The zero-order chi connectivity index (χ0) is 11.8. The van der Waals surface area contributed by atoms with E-state index in [0.29, 0.717) is 5.57 Å². The molecule has 0 saturated heterocycles. The maximum absolute atomic E-state index is 8.85. The number of nitrogens with zero attached hydrogens (tertiary/aromatic N) is 2. The first-order valence-electron chi connectivity index (χ1n) is 5.41. The topological polar surface area (TPSA) is 47.6 Å². The van der Waals surface area contributed by atoms with E-state index in [0.717, 1.165) is 12.0 Å². The van der Waals surface area contributed by atoms with Crippen molar-refractivity contribution in [2.24, 2.45) is 0 Å². The Morgan fingerprint density at radius 2 is 1.94 bits per heavy atom. The monoisotopic (exact) mass is 210 g/mol. The highest BCUT2D eigenvalue weighted by Crippen LogP contribution is 2.15. The lowest BCUT2D eigenvalue weighted by molar-refractivity contribution is 0.795. The smallest absolute Gasteiger partial charge is 0.101 e. The van der Waals surface area contributed by atoms with E-state index >= 15 is 0 Å². The van der Waals surface area contributed by atoms with Gasteiger partial charge in [-0.25, -0.2) is 0 Å². The van der Waals surface area contributed by atoms with Gasteiger partial charge in [0.2, 0.25) is 0 Å². The second-order valence-electron chi connectivity index (χ2n) is 3.60. The van der Waals surface area contributed by atoms with Crippen molar-refractivity contribution in [3.8, 4) is 12.1 Å². The van der Waals surface area contributed by atoms with Crippen LogP contribution in [0.2, 0.25) is 0 Å². The minimum atomic E-state index is 0.421. The van der Waals surface area contributed by atoms with Gasteiger partial charge in [-0.3, -0.25) is 0 Å². The van der Waals surface area contributed by atoms with Crippen LogP contribution < -0.4 is 0 Å². The van der Waals surface area contributed by atoms with Gasteiger partial charge in [-0.2, -0.15) is 10.5 Å². The summed E-state index contributed by atoms with van der Waals surface area (Å²) in [6.07, 6.45) is 4.71. The van der Waals surface area contributed by atoms with Gasteiger partial charge in [-0.1, -0.05) is 37.6 Å². The third-order valence-corrected chi connectivity index (χ3v) is 2.41. The Kier molecular flexibility index (Phi) is 4.83. The first kappa shape index (κ1) is 12.0. The van der Waals surface area contributed by atoms with Gasteiger partial charge in [-0.05, 0) is 24.0 Å². The van der Waals surface area contributed by atoms with Crippen molar-refractivity contribution in [1.82, 2.24) is 0 Å². The summed E-state index contributed by atoms with van der Waals surface area (Å²) in [5.74, 6) is 0. The van der Waals surface area contributed by atoms with Gasteiger partial charge in [-0.15, -0.1) is 0 Å². The Balaban J connectivity index is 2.83. The van der Waals surface area contributed by atoms with E-state index in [1.165, 1.54) is 24.5 Å². The SMILES string of the molecule is CCCCc1ccc(/C(C#N)=C/C#N)cc1. The fourth-order valence-corrected chi connectivity index (χ4v) is 1.48. The Morgan fingerprint density at radius 3 is 2.44 bits per heavy atom. The predicted molar refractivity (Wildman–Crippen MR) is 64.3 cm³/mol. The van der Waals surface area contributed by atoms with Crippen LogP contribution in [-0.4, -0.2) is 0 Å². The third-order valence-electron chi connectivity index (χ3n) is 2.41. The number of hydrogen-bond acceptors (Lipinski definition) is 2. The largest absolute Gasteiger partial charge is 0.193 e. The molecule has 0 heterocycles. The summed E-state index contributed by atoms with van der Waals surface area (Å²) in [6, 6.07) is 11.7. The lowest BCUT2D eigenvalue weighted by Crippen LogP contribution is -1.86. The lowest BCUT2D eigenvalue weighted by Gasteiger charge is -2.01. The molecular formula is C14H14N2. The standard InChI is InChI=1S/C14H14N2/c1-2-3-4-12-5-7-13(8-6-12)14(11-16)9-10-15/h5-9H,2-4H2,1H3/b14-9+. The summed E-state index contributed by atoms with van der Waals surface area (Å²) in [6.45, 7) is 2.16. The second-order valence-corrected chi connectivity index (χ2v) is 3.60. The van der Waals surface area contributed by atoms with Crippen molar-refractivity contribution in [3.63, 3.8) is 0 Å². The summed E-state index contributed by atoms with van der Waals surface area (Å²) >= 11 is 0. The first-order chi connectivity index (χ1) is 7.81. The zero-order valence-electron chi connectivity index (χ0n) is 9.40. The van der Waals surface area contributed by atoms with Crippen molar-refractivity contribution in [2.45, 2.75) is 26.2 Å². The molecule has 0 unspecified atom stereocenters. The number of aryl methyl sites for hydroxylation is 1. The average molecular weight is 210 g/mol. The second kappa shape index (κ2) is 6.43. The molecular weight excluding hydrogens is 196 g/mol. The Bertz CT molecular complexity index is 441. The number of unbranched alkanes of at least 4 members (excludes halogenated alkanes) is 1. The molecule has 0 radical (unpaired) electrons. The Morgan fingerprint density at radius 1 is 1.25 bits per heavy atom. The molecule has 0 fully saturated rings. The number of nitriles is 2. The van der Waals surface area contributed by atoms with Gasteiger partial charge in [0.1, 0.15) is 6.07 Å². The van der Waals surface area contributed by atoms with E-state index in [2.05, 4.69) is 6.92 Å². The number of hydrogen-bond donors (Lipinski definition) is 0. The molecule has 0 N–H and O–H groups in total. The van der Waals surface area contributed by atoms with Crippen molar-refractivity contribution in [3.05, 3.63) is 41.5 Å². The molecule has 0 aliphatic rings. The van der Waals surface area contributed by atoms with E-state index in [-0.39, 0.29) is 0 Å². The maximum atomic E-state index is 8.85. The summed E-state index contributed by atoms with van der Waals surface area (Å²) in [5.41, 5.74) is 2.51. The van der Waals surface area contributed by atoms with Crippen LogP contribution in [0.25, 0.3) is 5.57 Å². The zero-order valence-corrected chi connectivity index (χ0v) is 9.40. The van der Waals surface area contributed by atoms with E-state index in [4.69, 9.17) is 10.5 Å². The van der Waals surface area contributed by atoms with Crippen molar-refractivity contribution in [1.29, 1.82) is 10.5 Å². The molecule has 0 spiro atoms. The molecule has 0 amide bonds. The predicted octanol–water partition coefficient (Wildman–Crippen LogP) is 3.46. The third kappa shape index (κ3) is 3.26. The molecule has 0 saturated carbocycles. The molecule has 1 aromatic carbocycles. The fourth-order valence-electron chi connectivity index (χ4n) is 1.48. The minimum Gasteiger partial charge on any atom is -0.193 e. The molecule has 2 heteroatoms. The number of rotatable bonds is 4. The van der Waals surface area contributed by atoms with Crippen LogP contribution in [0.4, 0.5) is 0 Å². The molecule has 0 aromatic heterocycles. The Labute approximate surface area is 96.4 Å². The van der Waals surface area contributed by atoms with Crippen LogP contribution in [0.3, 0.4) is 0 Å². The molecule has 2 nitrogen and oxygen atoms in total. The highest BCUT2D eigenvalue weighted by molar-refractivity contribution is 5.78. The van der Waals surface area contributed by atoms with Gasteiger partial charge in [0.15, 0.2) is 0 Å². The molecule has 16 heavy (non-hydrogen) atoms. The van der Waals surface area contributed by atoms with Crippen LogP contribution in [0.5, 0.6) is 0 Å². The molecule has 1 rings (SSSR count). The quantitative estimate of drug-likeness (QED) is 0.714. The van der Waals surface area contributed by atoms with Crippen LogP contribution >= 0.6 is 0 Å². The summed E-state index contributed by atoms with van der Waals surface area (Å²) in [7, 11) is 0. The van der Waals surface area contributed by atoms with Crippen molar-refractivity contribution >= 4 is 5.57 Å². The summed E-state index contributed by atoms with van der Waals surface area (Å²) in [4.78, 5) is 0. The van der Waals surface area contributed by atoms with Crippen LogP contribution in [0.1, 0.15) is 30.9 Å². The minimum absolute atomic E-state index is 0.421. The van der Waals surface area contributed by atoms with Crippen LogP contribution in [0, 0.1) is 22.7 Å². The van der Waals surface area contributed by atoms with Crippen molar-refractivity contribution < 1.29 is 0 Å². The average Bonchev–Trinajstić information content (AvgIpc) is 2.34. The van der Waals surface area contributed by atoms with E-state index < -0.39 is 0 Å². The van der Waals surface area contributed by atoms with Gasteiger partial charge in [0.05, 0.1) is 11.6 Å². The highest BCUT2D eigenvalue weighted by Gasteiger charge is 2.00. The van der Waals surface area contributed by atoms with E-state index in [9.17, 15) is 0 Å². The molecule has 0 aliphatic carbocycles. The molecule has 80 valence electrons. The Hall–Kier alpha value is -2.06. The van der Waals surface area contributed by atoms with E-state index in [1.807, 2.05) is 36.4 Å². The number of allylic oxidation sites excluding steroid dienone is 2. The van der Waals surface area contributed by atoms with Crippen LogP contribution in [0.15, 0.2) is 30.3 Å².